The Hall–Kier alpha value is -1.52. The summed E-state index contributed by atoms with van der Waals surface area (Å²) >= 11 is 0. The summed E-state index contributed by atoms with van der Waals surface area (Å²) < 4.78 is 32.8. The van der Waals surface area contributed by atoms with Crippen LogP contribution >= 0.6 is 7.82 Å². The molecule has 0 fully saturated rings. The molecule has 0 saturated heterocycles. The van der Waals surface area contributed by atoms with E-state index < -0.39 is 51.1 Å². The van der Waals surface area contributed by atoms with Gasteiger partial charge in [-0.3, -0.25) is 23.4 Å². The van der Waals surface area contributed by atoms with Crippen molar-refractivity contribution in [1.82, 2.24) is 0 Å². The Balaban J connectivity index is 4.21. The Labute approximate surface area is 367 Å². The van der Waals surface area contributed by atoms with E-state index in [-0.39, 0.29) is 19.4 Å². The van der Waals surface area contributed by atoms with Gasteiger partial charge in [0.05, 0.1) is 13.2 Å². The fraction of sp³-hybridized carbons (Fsp3) is 0.938. The van der Waals surface area contributed by atoms with Crippen molar-refractivity contribution in [2.24, 2.45) is 5.73 Å². The molecule has 0 amide bonds. The lowest BCUT2D eigenvalue weighted by atomic mass is 10.0. The molecule has 0 aromatic rings. The summed E-state index contributed by atoms with van der Waals surface area (Å²) in [7, 11) is -4.71. The van der Waals surface area contributed by atoms with E-state index >= 15 is 0 Å². The summed E-state index contributed by atoms with van der Waals surface area (Å²) in [5.41, 5.74) is 5.35. The Morgan fingerprint density at radius 3 is 1.05 bits per heavy atom. The van der Waals surface area contributed by atoms with E-state index in [9.17, 15) is 23.8 Å². The third-order valence-corrected chi connectivity index (χ3v) is 12.3. The zero-order chi connectivity index (χ0) is 44.2. The van der Waals surface area contributed by atoms with Crippen molar-refractivity contribution < 1.29 is 47.5 Å². The van der Waals surface area contributed by atoms with Crippen molar-refractivity contribution in [2.45, 2.75) is 270 Å². The maximum Gasteiger partial charge on any atom is 0.472 e. The highest BCUT2D eigenvalue weighted by molar-refractivity contribution is 7.47. The van der Waals surface area contributed by atoms with Gasteiger partial charge >= 0.3 is 25.7 Å². The second-order valence-electron chi connectivity index (χ2n) is 17.3. The molecule has 0 aliphatic rings. The molecule has 3 atom stereocenters. The summed E-state index contributed by atoms with van der Waals surface area (Å²) in [6.07, 6.45) is 44.5. The SMILES string of the molecule is CCCCCCCCCCCCCCCCCCCCC(=O)OCC(COP(=O)(O)OCC(N)C(=O)O)OC(=O)CCCCCCCCCCCCCCCCCCCC. The molecule has 0 aliphatic carbocycles. The van der Waals surface area contributed by atoms with Crippen LogP contribution in [0.1, 0.15) is 258 Å². The van der Waals surface area contributed by atoms with E-state index in [1.165, 1.54) is 180 Å². The number of phosphoric acid groups is 1. The first-order valence-electron chi connectivity index (χ1n) is 25.1. The summed E-state index contributed by atoms with van der Waals surface area (Å²) in [4.78, 5) is 46.1. The van der Waals surface area contributed by atoms with Gasteiger partial charge in [0.15, 0.2) is 6.10 Å². The van der Waals surface area contributed by atoms with Crippen molar-refractivity contribution >= 4 is 25.7 Å². The quantitative estimate of drug-likeness (QED) is 0.0302. The van der Waals surface area contributed by atoms with Crippen molar-refractivity contribution in [2.75, 3.05) is 19.8 Å². The number of hydrogen-bond acceptors (Lipinski definition) is 9. The number of unbranched alkanes of at least 4 members (excludes halogenated alkanes) is 34. The van der Waals surface area contributed by atoms with Crippen LogP contribution in [0, 0.1) is 0 Å². The van der Waals surface area contributed by atoms with Crippen LogP contribution in [0.25, 0.3) is 0 Å². The lowest BCUT2D eigenvalue weighted by Gasteiger charge is -2.20. The van der Waals surface area contributed by atoms with Crippen molar-refractivity contribution in [1.29, 1.82) is 0 Å². The van der Waals surface area contributed by atoms with E-state index in [1.54, 1.807) is 0 Å². The first-order valence-corrected chi connectivity index (χ1v) is 26.6. The molecule has 0 aromatic carbocycles. The van der Waals surface area contributed by atoms with Crippen LogP contribution in [0.3, 0.4) is 0 Å². The molecule has 0 aliphatic heterocycles. The van der Waals surface area contributed by atoms with Crippen molar-refractivity contribution in [3.05, 3.63) is 0 Å². The molecule has 11 nitrogen and oxygen atoms in total. The van der Waals surface area contributed by atoms with Crippen LogP contribution in [0.2, 0.25) is 0 Å². The zero-order valence-corrected chi connectivity index (χ0v) is 39.7. The van der Waals surface area contributed by atoms with Gasteiger partial charge in [-0.15, -0.1) is 0 Å². The molecule has 0 rings (SSSR count). The predicted molar refractivity (Wildman–Crippen MR) is 245 cm³/mol. The number of carboxylic acid groups (broad SMARTS) is 1. The lowest BCUT2D eigenvalue weighted by molar-refractivity contribution is -0.161. The number of esters is 2. The second kappa shape index (κ2) is 44.1. The summed E-state index contributed by atoms with van der Waals surface area (Å²) in [5, 5.41) is 8.91. The fourth-order valence-corrected chi connectivity index (χ4v) is 8.20. The number of carboxylic acids is 1. The molecular formula is C48H94NO10P. The Kier molecular flexibility index (Phi) is 43.0. The summed E-state index contributed by atoms with van der Waals surface area (Å²) in [5.74, 6) is -2.35. The van der Waals surface area contributed by atoms with Crippen molar-refractivity contribution in [3.63, 3.8) is 0 Å². The second-order valence-corrected chi connectivity index (χ2v) is 18.8. The third kappa shape index (κ3) is 43.1. The highest BCUT2D eigenvalue weighted by Crippen LogP contribution is 2.43. The van der Waals surface area contributed by atoms with Gasteiger partial charge in [-0.05, 0) is 12.8 Å². The number of nitrogens with two attached hydrogens (primary N) is 1. The molecule has 3 unspecified atom stereocenters. The first kappa shape index (κ1) is 58.5. The van der Waals surface area contributed by atoms with Crippen LogP contribution in [-0.2, 0) is 37.5 Å². The molecule has 0 aromatic heterocycles. The maximum atomic E-state index is 12.7. The third-order valence-electron chi connectivity index (χ3n) is 11.4. The highest BCUT2D eigenvalue weighted by atomic mass is 31.2. The van der Waals surface area contributed by atoms with Gasteiger partial charge < -0.3 is 25.2 Å². The maximum absolute atomic E-state index is 12.7. The average molecular weight is 876 g/mol. The topological polar surface area (TPSA) is 172 Å². The molecule has 60 heavy (non-hydrogen) atoms. The fourth-order valence-electron chi connectivity index (χ4n) is 7.42. The number of carbonyl (C=O) groups is 3. The smallest absolute Gasteiger partial charge is 0.472 e. The van der Waals surface area contributed by atoms with Gasteiger partial charge in [0, 0.05) is 12.8 Å². The number of phosphoric ester groups is 1. The van der Waals surface area contributed by atoms with Gasteiger partial charge in [0.1, 0.15) is 12.6 Å². The standard InChI is InChI=1S/C48H94NO10P/c1-3-5-7-9-11-13-15-17-19-21-23-25-27-29-31-33-35-37-39-46(50)56-41-44(42-57-60(54,55)58-43-45(49)48(52)53)59-47(51)40-38-36-34-32-30-28-26-24-22-20-18-16-14-12-10-8-6-4-2/h44-45H,3-43,49H2,1-2H3,(H,52,53)(H,54,55). The Morgan fingerprint density at radius 2 is 0.733 bits per heavy atom. The van der Waals surface area contributed by atoms with Crippen molar-refractivity contribution in [3.8, 4) is 0 Å². The molecule has 0 saturated carbocycles. The minimum atomic E-state index is -4.71. The lowest BCUT2D eigenvalue weighted by Crippen LogP contribution is -2.34. The minimum absolute atomic E-state index is 0.170. The average Bonchev–Trinajstić information content (AvgIpc) is 3.22. The van der Waals surface area contributed by atoms with Crippen LogP contribution < -0.4 is 5.73 Å². The van der Waals surface area contributed by atoms with Gasteiger partial charge in [0.25, 0.3) is 0 Å². The number of rotatable bonds is 48. The predicted octanol–water partition coefficient (Wildman–Crippen LogP) is 13.9. The molecule has 0 heterocycles. The number of carbonyl (C=O) groups excluding carboxylic acids is 2. The van der Waals surface area contributed by atoms with E-state index in [2.05, 4.69) is 18.4 Å². The number of ether oxygens (including phenoxy) is 2. The molecule has 0 bridgehead atoms. The van der Waals surface area contributed by atoms with Crippen LogP contribution in [0.15, 0.2) is 0 Å². The number of hydrogen-bond donors (Lipinski definition) is 3. The van der Waals surface area contributed by atoms with E-state index in [0.717, 1.165) is 38.5 Å². The number of aliphatic carboxylic acids is 1. The summed E-state index contributed by atoms with van der Waals surface area (Å²) in [6.45, 7) is 2.87. The molecule has 0 radical (unpaired) electrons. The van der Waals surface area contributed by atoms with Crippen LogP contribution in [0.5, 0.6) is 0 Å². The van der Waals surface area contributed by atoms with Gasteiger partial charge in [-0.25, -0.2) is 4.57 Å². The van der Waals surface area contributed by atoms with Gasteiger partial charge in [-0.2, -0.15) is 0 Å². The molecule has 0 spiro atoms. The molecule has 356 valence electrons. The monoisotopic (exact) mass is 876 g/mol. The Bertz CT molecular complexity index is 1030. The first-order chi connectivity index (χ1) is 29.1. The Morgan fingerprint density at radius 1 is 0.450 bits per heavy atom. The van der Waals surface area contributed by atoms with E-state index in [1.807, 2.05) is 0 Å². The summed E-state index contributed by atoms with van der Waals surface area (Å²) in [6, 6.07) is -1.52. The molecular weight excluding hydrogens is 781 g/mol. The highest BCUT2D eigenvalue weighted by Gasteiger charge is 2.28. The van der Waals surface area contributed by atoms with Gasteiger partial charge in [0.2, 0.25) is 0 Å². The minimum Gasteiger partial charge on any atom is -0.480 e. The van der Waals surface area contributed by atoms with Gasteiger partial charge in [-0.1, -0.05) is 232 Å². The van der Waals surface area contributed by atoms with E-state index in [0.29, 0.717) is 12.8 Å². The largest absolute Gasteiger partial charge is 0.480 e. The normalized spacial score (nSPS) is 13.5. The van der Waals surface area contributed by atoms with Crippen LogP contribution in [0.4, 0.5) is 0 Å². The van der Waals surface area contributed by atoms with Crippen LogP contribution in [-0.4, -0.2) is 59.9 Å². The zero-order valence-electron chi connectivity index (χ0n) is 38.8. The molecule has 4 N–H and O–H groups in total. The van der Waals surface area contributed by atoms with E-state index in [4.69, 9.17) is 24.8 Å². The molecule has 12 heteroatoms.